The maximum Gasteiger partial charge on any atom is 0.181 e. The molecule has 8 rings (SSSR count). The molecule has 2 fully saturated rings. The molecule has 2 aromatic carbocycles. The van der Waals surface area contributed by atoms with Gasteiger partial charge in [-0.1, -0.05) is 49.4 Å². The molecule has 8 heteroatoms. The molecule has 0 aliphatic heterocycles. The van der Waals surface area contributed by atoms with Gasteiger partial charge >= 0.3 is 0 Å². The maximum absolute atomic E-state index is 9.05. The maximum atomic E-state index is 9.05. The van der Waals surface area contributed by atoms with Crippen molar-refractivity contribution in [3.8, 4) is 28.7 Å². The third-order valence-electron chi connectivity index (χ3n) is 9.01. The lowest BCUT2D eigenvalue weighted by Crippen LogP contribution is -2.06. The molecule has 2 aliphatic rings. The molecule has 0 bridgehead atoms. The molecule has 214 valence electrons. The highest BCUT2D eigenvalue weighted by molar-refractivity contribution is 5.95. The molecule has 2 aliphatic carbocycles. The minimum absolute atomic E-state index is 0.356. The van der Waals surface area contributed by atoms with Crippen molar-refractivity contribution in [2.75, 3.05) is 0 Å². The van der Waals surface area contributed by atoms with Crippen LogP contribution in [0.3, 0.4) is 0 Å². The molecule has 0 spiro atoms. The first kappa shape index (κ1) is 25.9. The summed E-state index contributed by atoms with van der Waals surface area (Å²) in [5.41, 5.74) is 8.78. The lowest BCUT2D eigenvalue weighted by atomic mass is 10.0. The molecule has 1 atom stereocenters. The summed E-state index contributed by atoms with van der Waals surface area (Å²) < 4.78 is 6.26. The molecule has 0 N–H and O–H groups in total. The molecule has 0 amide bonds. The van der Waals surface area contributed by atoms with Crippen LogP contribution >= 0.6 is 0 Å². The number of aromatic nitrogens is 7. The van der Waals surface area contributed by atoms with E-state index in [1.807, 2.05) is 10.9 Å². The lowest BCUT2D eigenvalue weighted by molar-refractivity contribution is 0.547. The second-order valence-electron chi connectivity index (χ2n) is 12.3. The monoisotopic (exact) mass is 566 g/mol. The number of benzene rings is 2. The highest BCUT2D eigenvalue weighted by Crippen LogP contribution is 2.49. The summed E-state index contributed by atoms with van der Waals surface area (Å²) >= 11 is 0. The van der Waals surface area contributed by atoms with Crippen LogP contribution in [0.1, 0.15) is 73.7 Å². The molecule has 4 heterocycles. The van der Waals surface area contributed by atoms with Gasteiger partial charge in [0.25, 0.3) is 0 Å². The van der Waals surface area contributed by atoms with Crippen LogP contribution in [0.4, 0.5) is 0 Å². The summed E-state index contributed by atoms with van der Waals surface area (Å²) in [6.07, 6.45) is 9.31. The quantitative estimate of drug-likeness (QED) is 0.183. The molecular weight excluding hydrogens is 532 g/mol. The van der Waals surface area contributed by atoms with Gasteiger partial charge in [0.05, 0.1) is 35.9 Å². The summed E-state index contributed by atoms with van der Waals surface area (Å²) in [5.74, 6) is 2.29. The van der Waals surface area contributed by atoms with E-state index in [1.165, 1.54) is 24.1 Å². The van der Waals surface area contributed by atoms with E-state index in [-0.39, 0.29) is 0 Å². The van der Waals surface area contributed by atoms with Crippen molar-refractivity contribution in [2.45, 2.75) is 69.9 Å². The van der Waals surface area contributed by atoms with Crippen molar-refractivity contribution in [1.29, 1.82) is 5.26 Å². The Morgan fingerprint density at radius 2 is 1.72 bits per heavy atom. The zero-order chi connectivity index (χ0) is 29.1. The van der Waals surface area contributed by atoms with Crippen molar-refractivity contribution < 1.29 is 0 Å². The molecule has 4 aromatic heterocycles. The van der Waals surface area contributed by atoms with E-state index < -0.39 is 0 Å². The number of nitriles is 1. The highest BCUT2D eigenvalue weighted by Gasteiger charge is 2.35. The van der Waals surface area contributed by atoms with Crippen LogP contribution in [0, 0.1) is 11.3 Å². The predicted octanol–water partition coefficient (Wildman–Crippen LogP) is 7.32. The van der Waals surface area contributed by atoms with Gasteiger partial charge in [0, 0.05) is 71.3 Å². The summed E-state index contributed by atoms with van der Waals surface area (Å²) in [4.78, 5) is 10.5. The fourth-order valence-electron chi connectivity index (χ4n) is 6.48. The topological polar surface area (TPSA) is 90.1 Å². The van der Waals surface area contributed by atoms with Crippen molar-refractivity contribution in [3.05, 3.63) is 83.9 Å². The first-order chi connectivity index (χ1) is 21.1. The third-order valence-corrected chi connectivity index (χ3v) is 9.01. The smallest absolute Gasteiger partial charge is 0.181 e. The van der Waals surface area contributed by atoms with Gasteiger partial charge in [-0.15, -0.1) is 0 Å². The molecule has 0 saturated heterocycles. The summed E-state index contributed by atoms with van der Waals surface area (Å²) in [6, 6.07) is 21.5. The molecule has 2 saturated carbocycles. The van der Waals surface area contributed by atoms with Gasteiger partial charge < -0.3 is 4.57 Å². The SMILES string of the molecule is CC(Cn1cc2c(-c3nc(-c4cc5cn(CCC#N)nc5nc4C4CC4)n(C)c3C3CC3)cccc2n1)c1ccccc1. The fourth-order valence-corrected chi connectivity index (χ4v) is 6.48. The lowest BCUT2D eigenvalue weighted by Gasteiger charge is -2.11. The van der Waals surface area contributed by atoms with E-state index in [2.05, 4.69) is 95.2 Å². The van der Waals surface area contributed by atoms with Gasteiger partial charge in [-0.2, -0.15) is 15.5 Å². The highest BCUT2D eigenvalue weighted by atomic mass is 15.3. The van der Waals surface area contributed by atoms with E-state index >= 15 is 0 Å². The van der Waals surface area contributed by atoms with Crippen LogP contribution < -0.4 is 0 Å². The average Bonchev–Trinajstić information content (AvgIpc) is 3.94. The zero-order valence-electron chi connectivity index (χ0n) is 24.6. The van der Waals surface area contributed by atoms with Crippen LogP contribution in [0.15, 0.2) is 67.0 Å². The van der Waals surface area contributed by atoms with Crippen LogP contribution in [-0.2, 0) is 20.1 Å². The van der Waals surface area contributed by atoms with Gasteiger partial charge in [-0.3, -0.25) is 9.36 Å². The van der Waals surface area contributed by atoms with Crippen molar-refractivity contribution in [1.82, 2.24) is 34.1 Å². The van der Waals surface area contributed by atoms with Gasteiger partial charge in [0.2, 0.25) is 0 Å². The first-order valence-electron chi connectivity index (χ1n) is 15.4. The van der Waals surface area contributed by atoms with E-state index in [0.717, 1.165) is 69.7 Å². The largest absolute Gasteiger partial charge is 0.330 e. The molecular formula is C35H34N8. The molecule has 8 nitrogen and oxygen atoms in total. The Hall–Kier alpha value is -4.77. The van der Waals surface area contributed by atoms with E-state index in [4.69, 9.17) is 20.3 Å². The van der Waals surface area contributed by atoms with Crippen molar-refractivity contribution in [2.24, 2.45) is 7.05 Å². The number of imidazole rings is 1. The van der Waals surface area contributed by atoms with E-state index in [0.29, 0.717) is 30.7 Å². The zero-order valence-corrected chi connectivity index (χ0v) is 24.6. The normalized spacial score (nSPS) is 15.7. The molecule has 0 radical (unpaired) electrons. The van der Waals surface area contributed by atoms with Gasteiger partial charge in [0.1, 0.15) is 5.82 Å². The minimum atomic E-state index is 0.356. The number of nitrogens with zero attached hydrogens (tertiary/aromatic N) is 8. The first-order valence-corrected chi connectivity index (χ1v) is 15.4. The summed E-state index contributed by atoms with van der Waals surface area (Å²) in [6.45, 7) is 3.65. The second-order valence-corrected chi connectivity index (χ2v) is 12.3. The predicted molar refractivity (Wildman–Crippen MR) is 167 cm³/mol. The van der Waals surface area contributed by atoms with Gasteiger partial charge in [0.15, 0.2) is 5.65 Å². The Bertz CT molecular complexity index is 2010. The Kier molecular flexibility index (Phi) is 6.14. The van der Waals surface area contributed by atoms with Crippen molar-refractivity contribution >= 4 is 21.9 Å². The molecule has 6 aromatic rings. The summed E-state index contributed by atoms with van der Waals surface area (Å²) in [5, 5.41) is 20.9. The Morgan fingerprint density at radius 3 is 2.49 bits per heavy atom. The average molecular weight is 567 g/mol. The van der Waals surface area contributed by atoms with Gasteiger partial charge in [-0.05, 0) is 43.4 Å². The molecule has 1 unspecified atom stereocenters. The summed E-state index contributed by atoms with van der Waals surface area (Å²) in [7, 11) is 2.17. The van der Waals surface area contributed by atoms with Crippen LogP contribution in [0.2, 0.25) is 0 Å². The Labute approximate surface area is 250 Å². The fraction of sp³-hybridized carbons (Fsp3) is 0.343. The van der Waals surface area contributed by atoms with Crippen LogP contribution in [0.5, 0.6) is 0 Å². The second kappa shape index (κ2) is 10.2. The van der Waals surface area contributed by atoms with Gasteiger partial charge in [-0.25, -0.2) is 9.97 Å². The van der Waals surface area contributed by atoms with Crippen LogP contribution in [-0.4, -0.2) is 34.1 Å². The number of aryl methyl sites for hydroxylation is 1. The molecule has 43 heavy (non-hydrogen) atoms. The van der Waals surface area contributed by atoms with E-state index in [1.54, 1.807) is 0 Å². The Balaban J connectivity index is 1.23. The van der Waals surface area contributed by atoms with Crippen molar-refractivity contribution in [3.63, 3.8) is 0 Å². The number of hydrogen-bond acceptors (Lipinski definition) is 5. The number of fused-ring (bicyclic) bond motifs is 2. The van der Waals surface area contributed by atoms with E-state index in [9.17, 15) is 0 Å². The number of pyridine rings is 1. The number of rotatable bonds is 9. The minimum Gasteiger partial charge on any atom is -0.330 e. The van der Waals surface area contributed by atoms with Crippen LogP contribution in [0.25, 0.3) is 44.6 Å². The standard InChI is InChI=1S/C35H34N8/c1-22(23-8-4-3-5-9-23)19-43-21-29-27(10-6-11-30(29)39-43)32-33(25-14-15-25)41(2)35(38-32)28-18-26-20-42(17-7-16-36)40-34(26)37-31(28)24-12-13-24/h3-6,8-11,18,20-22,24-25H,7,12-15,17,19H2,1-2H3. The number of hydrogen-bond donors (Lipinski definition) is 0. The Morgan fingerprint density at radius 1 is 0.907 bits per heavy atom. The third kappa shape index (κ3) is 4.69.